The fourth-order valence-electron chi connectivity index (χ4n) is 5.36. The van der Waals surface area contributed by atoms with Gasteiger partial charge in [0.2, 0.25) is 5.91 Å². The third kappa shape index (κ3) is 4.12. The van der Waals surface area contributed by atoms with Crippen molar-refractivity contribution in [3.8, 4) is 11.1 Å². The molecule has 1 aliphatic carbocycles. The van der Waals surface area contributed by atoms with Gasteiger partial charge in [-0.2, -0.15) is 0 Å². The summed E-state index contributed by atoms with van der Waals surface area (Å²) in [5.41, 5.74) is 5.70. The van der Waals surface area contributed by atoms with Crippen LogP contribution in [0.4, 0.5) is 0 Å². The monoisotopic (exact) mass is 450 g/mol. The lowest BCUT2D eigenvalue weighted by atomic mass is 9.79. The molecule has 0 spiro atoms. The molecule has 6 rings (SSSR count). The molecule has 0 unspecified atom stereocenters. The third-order valence-electron chi connectivity index (χ3n) is 7.32. The van der Waals surface area contributed by atoms with Crippen LogP contribution in [-0.2, 0) is 11.3 Å². The molecular formula is C29H30N4O. The molecule has 2 aromatic heterocycles. The summed E-state index contributed by atoms with van der Waals surface area (Å²) in [6, 6.07) is 25.7. The van der Waals surface area contributed by atoms with Gasteiger partial charge in [-0.15, -0.1) is 0 Å². The number of benzene rings is 2. The van der Waals surface area contributed by atoms with Crippen molar-refractivity contribution in [2.75, 3.05) is 13.1 Å². The lowest BCUT2D eigenvalue weighted by Gasteiger charge is -2.36. The highest BCUT2D eigenvalue weighted by Gasteiger charge is 2.40. The van der Waals surface area contributed by atoms with Crippen LogP contribution in [0, 0.1) is 5.92 Å². The SMILES string of the molecule is O=C([C@H]1CNCC[C@@H]1c1cccc(-c2ccccc2)c1)N(Cc1cnc2ccccn12)C1CC1. The van der Waals surface area contributed by atoms with Crippen molar-refractivity contribution in [2.45, 2.75) is 37.8 Å². The summed E-state index contributed by atoms with van der Waals surface area (Å²) in [6.45, 7) is 2.29. The van der Waals surface area contributed by atoms with Gasteiger partial charge < -0.3 is 14.6 Å². The molecule has 1 saturated carbocycles. The van der Waals surface area contributed by atoms with Gasteiger partial charge in [0, 0.05) is 18.8 Å². The Bertz CT molecular complexity index is 1290. The maximum absolute atomic E-state index is 14.0. The molecule has 5 heteroatoms. The standard InChI is InChI=1S/C29H30N4O/c34-29(33(24-12-13-24)20-25-18-31-28-11-4-5-16-32(25)28)27-19-30-15-14-26(27)23-10-6-9-22(17-23)21-7-2-1-3-8-21/h1-11,16-18,24,26-27,30H,12-15,19-20H2/t26-,27+/m1/s1. The maximum atomic E-state index is 14.0. The highest BCUT2D eigenvalue weighted by molar-refractivity contribution is 5.81. The molecule has 34 heavy (non-hydrogen) atoms. The minimum atomic E-state index is -0.0560. The quantitative estimate of drug-likeness (QED) is 0.455. The molecule has 1 amide bonds. The Hall–Kier alpha value is -3.44. The molecular weight excluding hydrogens is 420 g/mol. The molecule has 172 valence electrons. The van der Waals surface area contributed by atoms with E-state index in [0.29, 0.717) is 12.6 Å². The van der Waals surface area contributed by atoms with Gasteiger partial charge in [0.15, 0.2) is 0 Å². The Balaban J connectivity index is 1.28. The largest absolute Gasteiger partial charge is 0.334 e. The zero-order chi connectivity index (χ0) is 22.9. The summed E-state index contributed by atoms with van der Waals surface area (Å²) >= 11 is 0. The molecule has 0 bridgehead atoms. The summed E-state index contributed by atoms with van der Waals surface area (Å²) in [5.74, 6) is 0.441. The van der Waals surface area contributed by atoms with Crippen LogP contribution in [0.2, 0.25) is 0 Å². The number of rotatable bonds is 6. The van der Waals surface area contributed by atoms with Gasteiger partial charge in [-0.05, 0) is 60.5 Å². The molecule has 2 atom stereocenters. The molecule has 3 heterocycles. The van der Waals surface area contributed by atoms with Gasteiger partial charge in [0.1, 0.15) is 5.65 Å². The van der Waals surface area contributed by atoms with E-state index in [-0.39, 0.29) is 17.7 Å². The van der Waals surface area contributed by atoms with Gasteiger partial charge in [-0.3, -0.25) is 4.79 Å². The molecule has 1 aliphatic heterocycles. The van der Waals surface area contributed by atoms with Gasteiger partial charge in [0.25, 0.3) is 0 Å². The minimum absolute atomic E-state index is 0.0560. The predicted octanol–water partition coefficient (Wildman–Crippen LogP) is 4.89. The van der Waals surface area contributed by atoms with Gasteiger partial charge >= 0.3 is 0 Å². The average molecular weight is 451 g/mol. The van der Waals surface area contributed by atoms with Crippen molar-refractivity contribution in [1.82, 2.24) is 19.6 Å². The van der Waals surface area contributed by atoms with E-state index in [1.54, 1.807) is 0 Å². The van der Waals surface area contributed by atoms with E-state index in [1.165, 1.54) is 16.7 Å². The lowest BCUT2D eigenvalue weighted by molar-refractivity contribution is -0.138. The topological polar surface area (TPSA) is 49.6 Å². The number of hydrogen-bond donors (Lipinski definition) is 1. The van der Waals surface area contributed by atoms with E-state index >= 15 is 0 Å². The van der Waals surface area contributed by atoms with E-state index in [2.05, 4.69) is 68.1 Å². The Morgan fingerprint density at radius 2 is 1.79 bits per heavy atom. The van der Waals surface area contributed by atoms with Crippen molar-refractivity contribution < 1.29 is 4.79 Å². The molecule has 2 aliphatic rings. The summed E-state index contributed by atoms with van der Waals surface area (Å²) < 4.78 is 2.10. The zero-order valence-electron chi connectivity index (χ0n) is 19.3. The summed E-state index contributed by atoms with van der Waals surface area (Å²) in [5, 5.41) is 3.50. The normalized spacial score (nSPS) is 20.4. The molecule has 4 aromatic rings. The first kappa shape index (κ1) is 21.1. The number of amides is 1. The lowest BCUT2D eigenvalue weighted by Crippen LogP contribution is -2.47. The Morgan fingerprint density at radius 3 is 2.65 bits per heavy atom. The number of pyridine rings is 1. The van der Waals surface area contributed by atoms with Gasteiger partial charge in [-0.25, -0.2) is 4.98 Å². The van der Waals surface area contributed by atoms with Gasteiger partial charge in [-0.1, -0.05) is 60.7 Å². The number of carbonyl (C=O) groups excluding carboxylic acids is 1. The summed E-state index contributed by atoms with van der Waals surface area (Å²) in [7, 11) is 0. The molecule has 0 radical (unpaired) electrons. The zero-order valence-corrected chi connectivity index (χ0v) is 19.3. The number of carbonyl (C=O) groups is 1. The maximum Gasteiger partial charge on any atom is 0.228 e. The first-order chi connectivity index (χ1) is 16.8. The second kappa shape index (κ2) is 9.07. The first-order valence-electron chi connectivity index (χ1n) is 12.4. The number of hydrogen-bond acceptors (Lipinski definition) is 3. The number of nitrogens with zero attached hydrogens (tertiary/aromatic N) is 3. The summed E-state index contributed by atoms with van der Waals surface area (Å²) in [4.78, 5) is 20.7. The number of aromatic nitrogens is 2. The molecule has 1 saturated heterocycles. The van der Waals surface area contributed by atoms with E-state index in [0.717, 1.165) is 43.7 Å². The highest BCUT2D eigenvalue weighted by atomic mass is 16.2. The highest BCUT2D eigenvalue weighted by Crippen LogP contribution is 2.37. The van der Waals surface area contributed by atoms with Crippen LogP contribution in [0.1, 0.15) is 36.4 Å². The third-order valence-corrected chi connectivity index (χ3v) is 7.32. The van der Waals surface area contributed by atoms with Crippen LogP contribution in [-0.4, -0.2) is 39.3 Å². The Kier molecular flexibility index (Phi) is 5.63. The second-order valence-electron chi connectivity index (χ2n) is 9.57. The van der Waals surface area contributed by atoms with Crippen LogP contribution in [0.15, 0.2) is 85.2 Å². The number of imidazole rings is 1. The van der Waals surface area contributed by atoms with Crippen LogP contribution < -0.4 is 5.32 Å². The minimum Gasteiger partial charge on any atom is -0.334 e. The summed E-state index contributed by atoms with van der Waals surface area (Å²) in [6.07, 6.45) is 7.11. The Morgan fingerprint density at radius 1 is 0.971 bits per heavy atom. The molecule has 5 nitrogen and oxygen atoms in total. The van der Waals surface area contributed by atoms with Crippen LogP contribution in [0.5, 0.6) is 0 Å². The fraction of sp³-hybridized carbons (Fsp3) is 0.310. The fourth-order valence-corrected chi connectivity index (χ4v) is 5.36. The number of nitrogens with one attached hydrogen (secondary N) is 1. The number of piperidine rings is 1. The molecule has 2 fully saturated rings. The van der Waals surface area contributed by atoms with E-state index < -0.39 is 0 Å². The Labute approximate surface area is 200 Å². The predicted molar refractivity (Wildman–Crippen MR) is 134 cm³/mol. The smallest absolute Gasteiger partial charge is 0.228 e. The van der Waals surface area contributed by atoms with Crippen LogP contribution in [0.3, 0.4) is 0 Å². The molecule has 2 aromatic carbocycles. The van der Waals surface area contributed by atoms with Gasteiger partial charge in [0.05, 0.1) is 24.4 Å². The van der Waals surface area contributed by atoms with E-state index in [1.807, 2.05) is 36.7 Å². The van der Waals surface area contributed by atoms with Crippen molar-refractivity contribution in [2.24, 2.45) is 5.92 Å². The van der Waals surface area contributed by atoms with Crippen LogP contribution in [0.25, 0.3) is 16.8 Å². The van der Waals surface area contributed by atoms with Crippen molar-refractivity contribution in [3.05, 3.63) is 96.4 Å². The average Bonchev–Trinajstić information content (AvgIpc) is 3.67. The van der Waals surface area contributed by atoms with Crippen molar-refractivity contribution in [1.29, 1.82) is 0 Å². The molecule has 1 N–H and O–H groups in total. The first-order valence-corrected chi connectivity index (χ1v) is 12.4. The van der Waals surface area contributed by atoms with Crippen molar-refractivity contribution >= 4 is 11.6 Å². The van der Waals surface area contributed by atoms with Crippen LogP contribution >= 0.6 is 0 Å². The van der Waals surface area contributed by atoms with E-state index in [9.17, 15) is 4.79 Å². The number of fused-ring (bicyclic) bond motifs is 1. The second-order valence-corrected chi connectivity index (χ2v) is 9.57. The van der Waals surface area contributed by atoms with Crippen molar-refractivity contribution in [3.63, 3.8) is 0 Å². The van der Waals surface area contributed by atoms with E-state index in [4.69, 9.17) is 0 Å².